The van der Waals surface area contributed by atoms with Crippen molar-refractivity contribution in [3.05, 3.63) is 41.7 Å². The van der Waals surface area contributed by atoms with Crippen molar-refractivity contribution in [2.75, 3.05) is 11.9 Å². The Labute approximate surface area is 151 Å². The summed E-state index contributed by atoms with van der Waals surface area (Å²) in [6.07, 6.45) is 0. The van der Waals surface area contributed by atoms with Crippen LogP contribution in [0.15, 0.2) is 40.1 Å². The molecule has 4 N–H and O–H groups in total. The Morgan fingerprint density at radius 1 is 1.04 bits per heavy atom. The second kappa shape index (κ2) is 7.45. The van der Waals surface area contributed by atoms with Crippen molar-refractivity contribution in [2.24, 2.45) is 5.14 Å². The molecule has 0 aliphatic rings. The summed E-state index contributed by atoms with van der Waals surface area (Å²) in [6.45, 7) is 2.80. The Morgan fingerprint density at radius 2 is 1.58 bits per heavy atom. The zero-order valence-corrected chi connectivity index (χ0v) is 15.6. The van der Waals surface area contributed by atoms with Crippen LogP contribution in [0.3, 0.4) is 0 Å². The van der Waals surface area contributed by atoms with Crippen LogP contribution in [0.1, 0.15) is 11.4 Å². The predicted octanol–water partition coefficient (Wildman–Crippen LogP) is -0.342. The number of hydrogen-bond donors (Lipinski definition) is 3. The van der Waals surface area contributed by atoms with Gasteiger partial charge in [0.1, 0.15) is 9.79 Å². The third-order valence-corrected chi connectivity index (χ3v) is 5.66. The minimum atomic E-state index is -4.29. The molecular weight excluding hydrogens is 382 g/mol. The molecule has 0 bridgehead atoms. The first-order valence-electron chi connectivity index (χ1n) is 7.23. The third-order valence-electron chi connectivity index (χ3n) is 3.10. The van der Waals surface area contributed by atoms with Gasteiger partial charge in [-0.2, -0.15) is 0 Å². The predicted molar refractivity (Wildman–Crippen MR) is 93.1 cm³/mol. The highest BCUT2D eigenvalue weighted by Crippen LogP contribution is 2.18. The van der Waals surface area contributed by atoms with E-state index in [2.05, 4.69) is 15.3 Å². The lowest BCUT2D eigenvalue weighted by molar-refractivity contribution is -0.115. The molecule has 26 heavy (non-hydrogen) atoms. The monoisotopic (exact) mass is 399 g/mol. The quantitative estimate of drug-likeness (QED) is 0.598. The van der Waals surface area contributed by atoms with Crippen LogP contribution in [0.4, 0.5) is 5.95 Å². The summed E-state index contributed by atoms with van der Waals surface area (Å²) in [7, 11) is -8.54. The lowest BCUT2D eigenvalue weighted by atomic mass is 10.4. The number of benzene rings is 1. The van der Waals surface area contributed by atoms with Gasteiger partial charge in [-0.15, -0.1) is 0 Å². The molecule has 0 saturated carbocycles. The van der Waals surface area contributed by atoms with Crippen LogP contribution in [0.2, 0.25) is 0 Å². The van der Waals surface area contributed by atoms with Crippen LogP contribution in [0.5, 0.6) is 0 Å². The molecule has 1 aromatic heterocycles. The molecule has 2 aromatic rings. The van der Waals surface area contributed by atoms with Gasteiger partial charge in [0.15, 0.2) is 0 Å². The molecule has 2 rings (SSSR count). The molecule has 0 fully saturated rings. The summed E-state index contributed by atoms with van der Waals surface area (Å²) >= 11 is 0. The Hall–Kier alpha value is -2.41. The molecule has 140 valence electrons. The number of carbonyl (C=O) groups is 1. The Morgan fingerprint density at radius 3 is 2.12 bits per heavy atom. The van der Waals surface area contributed by atoms with Gasteiger partial charge in [-0.1, -0.05) is 12.1 Å². The smallest absolute Gasteiger partial charge is 0.242 e. The molecule has 1 amide bonds. The first-order chi connectivity index (χ1) is 12.0. The van der Waals surface area contributed by atoms with Crippen LogP contribution in [0.25, 0.3) is 0 Å². The number of carbonyl (C=O) groups excluding carboxylic acids is 1. The number of hydrogen-bond acceptors (Lipinski definition) is 7. The highest BCUT2D eigenvalue weighted by atomic mass is 32.2. The van der Waals surface area contributed by atoms with Gasteiger partial charge >= 0.3 is 0 Å². The Bertz CT molecular complexity index is 1030. The van der Waals surface area contributed by atoms with Gasteiger partial charge in [0.05, 0.1) is 6.54 Å². The van der Waals surface area contributed by atoms with Gasteiger partial charge in [-0.3, -0.25) is 10.1 Å². The summed E-state index contributed by atoms with van der Waals surface area (Å²) in [5.74, 6) is -0.678. The van der Waals surface area contributed by atoms with Gasteiger partial charge in [0, 0.05) is 11.4 Å². The topological polar surface area (TPSA) is 161 Å². The maximum atomic E-state index is 12.3. The van der Waals surface area contributed by atoms with Crippen molar-refractivity contribution in [3.63, 3.8) is 0 Å². The molecule has 10 nitrogen and oxygen atoms in total. The third kappa shape index (κ3) is 5.05. The summed E-state index contributed by atoms with van der Waals surface area (Å²) in [6, 6.07) is 6.53. The molecule has 12 heteroatoms. The summed E-state index contributed by atoms with van der Waals surface area (Å²) in [5, 5.41) is 7.39. The van der Waals surface area contributed by atoms with Gasteiger partial charge in [-0.05, 0) is 32.0 Å². The average molecular weight is 399 g/mol. The van der Waals surface area contributed by atoms with E-state index >= 15 is 0 Å². The molecule has 0 spiro atoms. The fraction of sp³-hybridized carbons (Fsp3) is 0.214. The van der Waals surface area contributed by atoms with E-state index < -0.39 is 42.3 Å². The van der Waals surface area contributed by atoms with E-state index in [-0.39, 0.29) is 5.95 Å². The van der Waals surface area contributed by atoms with Crippen LogP contribution < -0.4 is 15.2 Å². The number of nitrogens with one attached hydrogen (secondary N) is 2. The van der Waals surface area contributed by atoms with Crippen molar-refractivity contribution >= 4 is 31.9 Å². The molecule has 1 aromatic carbocycles. The summed E-state index contributed by atoms with van der Waals surface area (Å²) in [4.78, 5) is 18.8. The number of aromatic nitrogens is 2. The molecule has 1 heterocycles. The molecule has 0 radical (unpaired) electrons. The number of rotatable bonds is 6. The standard InChI is InChI=1S/C14H17N5O5S2/c1-9-7-10(2)18-14(17-9)19-13(20)8-16-26(23,24)12-6-4-3-5-11(12)25(15,21)22/h3-7,16H,8H2,1-2H3,(H2,15,21,22)(H,17,18,19,20). The summed E-state index contributed by atoms with van der Waals surface area (Å²) in [5.41, 5.74) is 1.27. The minimum Gasteiger partial charge on any atom is -0.293 e. The highest BCUT2D eigenvalue weighted by molar-refractivity contribution is 7.92. The molecular formula is C14H17N5O5S2. The number of nitrogens with zero attached hydrogens (tertiary/aromatic N) is 2. The van der Waals surface area contributed by atoms with E-state index in [9.17, 15) is 21.6 Å². The number of aryl methyl sites for hydroxylation is 2. The van der Waals surface area contributed by atoms with Crippen molar-refractivity contribution in [3.8, 4) is 0 Å². The Kier molecular flexibility index (Phi) is 5.71. The highest BCUT2D eigenvalue weighted by Gasteiger charge is 2.24. The molecule has 0 atom stereocenters. The summed E-state index contributed by atoms with van der Waals surface area (Å²) < 4.78 is 49.7. The number of amides is 1. The maximum absolute atomic E-state index is 12.3. The number of primary sulfonamides is 1. The number of anilines is 1. The molecule has 0 aliphatic heterocycles. The first kappa shape index (κ1) is 19.9. The zero-order chi connectivity index (χ0) is 19.5. The van der Waals surface area contributed by atoms with Crippen LogP contribution >= 0.6 is 0 Å². The maximum Gasteiger partial charge on any atom is 0.242 e. The zero-order valence-electron chi connectivity index (χ0n) is 13.9. The minimum absolute atomic E-state index is 0.0386. The van der Waals surface area contributed by atoms with Gasteiger partial charge in [0.2, 0.25) is 31.9 Å². The van der Waals surface area contributed by atoms with Gasteiger partial charge in [0.25, 0.3) is 0 Å². The number of nitrogens with two attached hydrogens (primary N) is 1. The normalized spacial score (nSPS) is 12.0. The molecule has 0 aliphatic carbocycles. The fourth-order valence-electron chi connectivity index (χ4n) is 2.10. The van der Waals surface area contributed by atoms with Gasteiger partial charge in [-0.25, -0.2) is 36.7 Å². The van der Waals surface area contributed by atoms with E-state index in [4.69, 9.17) is 5.14 Å². The van der Waals surface area contributed by atoms with Crippen molar-refractivity contribution in [1.29, 1.82) is 0 Å². The van der Waals surface area contributed by atoms with Crippen molar-refractivity contribution in [2.45, 2.75) is 23.6 Å². The lowest BCUT2D eigenvalue weighted by Crippen LogP contribution is -2.34. The van der Waals surface area contributed by atoms with E-state index in [0.29, 0.717) is 11.4 Å². The number of sulfonamides is 2. The second-order valence-corrected chi connectivity index (χ2v) is 8.60. The van der Waals surface area contributed by atoms with Crippen LogP contribution in [-0.2, 0) is 24.8 Å². The fourth-order valence-corrected chi connectivity index (χ4v) is 4.46. The SMILES string of the molecule is Cc1cc(C)nc(NC(=O)CNS(=O)(=O)c2ccccc2S(N)(=O)=O)n1. The van der Waals surface area contributed by atoms with Crippen molar-refractivity contribution < 1.29 is 21.6 Å². The first-order valence-corrected chi connectivity index (χ1v) is 10.3. The van der Waals surface area contributed by atoms with E-state index in [1.54, 1.807) is 19.9 Å². The van der Waals surface area contributed by atoms with E-state index in [1.165, 1.54) is 12.1 Å². The van der Waals surface area contributed by atoms with E-state index in [1.807, 2.05) is 4.72 Å². The lowest BCUT2D eigenvalue weighted by Gasteiger charge is -2.10. The van der Waals surface area contributed by atoms with Crippen LogP contribution in [-0.4, -0.2) is 39.3 Å². The van der Waals surface area contributed by atoms with E-state index in [0.717, 1.165) is 12.1 Å². The largest absolute Gasteiger partial charge is 0.293 e. The Balaban J connectivity index is 2.15. The average Bonchev–Trinajstić information content (AvgIpc) is 2.51. The molecule has 0 saturated heterocycles. The van der Waals surface area contributed by atoms with Gasteiger partial charge < -0.3 is 0 Å². The van der Waals surface area contributed by atoms with Crippen molar-refractivity contribution in [1.82, 2.24) is 14.7 Å². The van der Waals surface area contributed by atoms with Crippen LogP contribution in [0, 0.1) is 13.8 Å². The molecule has 0 unspecified atom stereocenters. The second-order valence-electron chi connectivity index (χ2n) is 5.34.